The summed E-state index contributed by atoms with van der Waals surface area (Å²) in [4.78, 5) is 0. The molecule has 0 aliphatic carbocycles. The Morgan fingerprint density at radius 1 is 1.30 bits per heavy atom. The Hall–Kier alpha value is 0.0600. The average molecular weight is 160 g/mol. The molecule has 0 saturated carbocycles. The lowest BCUT2D eigenvalue weighted by molar-refractivity contribution is 0.530. The van der Waals surface area contributed by atoms with Crippen LogP contribution in [0, 0.1) is 5.16 Å². The Kier molecular flexibility index (Phi) is 7.21. The van der Waals surface area contributed by atoms with Gasteiger partial charge in [-0.3, -0.25) is 5.16 Å². The minimum Gasteiger partial charge on any atom is -0.317 e. The standard InChI is InChI=1S/C5H11N2P.C2H6/c6-8-5-1-3-7-4-2-5;1-2/h5-7H,1-4H2;1-2H3. The van der Waals surface area contributed by atoms with Crippen molar-refractivity contribution in [1.82, 2.24) is 5.32 Å². The van der Waals surface area contributed by atoms with E-state index in [1.54, 1.807) is 0 Å². The molecule has 1 saturated heterocycles. The van der Waals surface area contributed by atoms with Gasteiger partial charge in [-0.25, -0.2) is 0 Å². The molecule has 1 rings (SSSR count). The van der Waals surface area contributed by atoms with Crippen LogP contribution in [0.5, 0.6) is 0 Å². The van der Waals surface area contributed by atoms with E-state index in [1.165, 1.54) is 12.8 Å². The van der Waals surface area contributed by atoms with Gasteiger partial charge < -0.3 is 5.32 Å². The maximum Gasteiger partial charge on any atom is 0.0205 e. The molecule has 0 amide bonds. The molecule has 2 nitrogen and oxygen atoms in total. The van der Waals surface area contributed by atoms with Gasteiger partial charge in [0, 0.05) is 14.0 Å². The van der Waals surface area contributed by atoms with Crippen molar-refractivity contribution in [3.63, 3.8) is 0 Å². The van der Waals surface area contributed by atoms with Crippen LogP contribution in [0.25, 0.3) is 0 Å². The van der Waals surface area contributed by atoms with Crippen molar-refractivity contribution in [3.05, 3.63) is 0 Å². The van der Waals surface area contributed by atoms with E-state index in [2.05, 4.69) is 5.32 Å². The monoisotopic (exact) mass is 160 g/mol. The van der Waals surface area contributed by atoms with Crippen LogP contribution in [-0.4, -0.2) is 18.7 Å². The quantitative estimate of drug-likeness (QED) is 0.568. The summed E-state index contributed by atoms with van der Waals surface area (Å²) in [5.74, 6) is 0. The molecule has 1 heterocycles. The SMILES string of the molecule is CC.N=PC1CCNCC1. The van der Waals surface area contributed by atoms with Gasteiger partial charge in [-0.2, -0.15) is 0 Å². The Labute approximate surface area is 65.1 Å². The van der Waals surface area contributed by atoms with E-state index in [1.807, 2.05) is 13.8 Å². The minimum absolute atomic E-state index is 0.663. The third-order valence-corrected chi connectivity index (χ3v) is 2.37. The summed E-state index contributed by atoms with van der Waals surface area (Å²) in [6.45, 7) is 6.24. The molecule has 0 aromatic heterocycles. The molecule has 1 fully saturated rings. The number of hydrogen-bond donors (Lipinski definition) is 2. The van der Waals surface area contributed by atoms with Crippen molar-refractivity contribution < 1.29 is 0 Å². The zero-order valence-electron chi connectivity index (χ0n) is 6.85. The first-order valence-corrected chi connectivity index (χ1v) is 4.97. The third kappa shape index (κ3) is 3.97. The van der Waals surface area contributed by atoms with Crippen molar-refractivity contribution in [2.75, 3.05) is 13.1 Å². The highest BCUT2D eigenvalue weighted by Crippen LogP contribution is 2.16. The zero-order chi connectivity index (χ0) is 7.82. The average Bonchev–Trinajstić information content (AvgIpc) is 2.10. The molecular formula is C7H17N2P. The van der Waals surface area contributed by atoms with Crippen LogP contribution in [0.1, 0.15) is 26.7 Å². The molecule has 1 aliphatic heterocycles. The molecule has 0 bridgehead atoms. The normalized spacial score (nSPS) is 19.8. The Morgan fingerprint density at radius 3 is 2.10 bits per heavy atom. The van der Waals surface area contributed by atoms with Gasteiger partial charge >= 0.3 is 0 Å². The summed E-state index contributed by atoms with van der Waals surface area (Å²) < 4.78 is 0. The molecule has 2 N–H and O–H groups in total. The fourth-order valence-electron chi connectivity index (χ4n) is 0.936. The van der Waals surface area contributed by atoms with E-state index in [-0.39, 0.29) is 0 Å². The predicted octanol–water partition coefficient (Wildman–Crippen LogP) is 2.47. The summed E-state index contributed by atoms with van der Waals surface area (Å²) in [5.41, 5.74) is 0.663. The van der Waals surface area contributed by atoms with E-state index in [0.717, 1.165) is 21.5 Å². The van der Waals surface area contributed by atoms with E-state index >= 15 is 0 Å². The molecule has 60 valence electrons. The second kappa shape index (κ2) is 7.17. The first-order chi connectivity index (χ1) is 4.93. The Morgan fingerprint density at radius 2 is 1.80 bits per heavy atom. The largest absolute Gasteiger partial charge is 0.317 e. The van der Waals surface area contributed by atoms with Gasteiger partial charge in [0.15, 0.2) is 0 Å². The van der Waals surface area contributed by atoms with Crippen molar-refractivity contribution in [2.45, 2.75) is 32.3 Å². The molecule has 3 heteroatoms. The van der Waals surface area contributed by atoms with E-state index < -0.39 is 0 Å². The first kappa shape index (κ1) is 10.1. The highest BCUT2D eigenvalue weighted by Gasteiger charge is 2.09. The summed E-state index contributed by atoms with van der Waals surface area (Å²) in [7, 11) is 0.836. The number of nitrogens with one attached hydrogen (secondary N) is 2. The number of hydrogen-bond acceptors (Lipinski definition) is 2. The van der Waals surface area contributed by atoms with Crippen LogP contribution in [0.4, 0.5) is 0 Å². The van der Waals surface area contributed by atoms with Crippen LogP contribution in [0.15, 0.2) is 0 Å². The topological polar surface area (TPSA) is 35.9 Å². The Balaban J connectivity index is 0.000000371. The van der Waals surface area contributed by atoms with E-state index in [9.17, 15) is 0 Å². The van der Waals surface area contributed by atoms with Crippen LogP contribution < -0.4 is 5.32 Å². The van der Waals surface area contributed by atoms with Crippen molar-refractivity contribution in [1.29, 1.82) is 5.16 Å². The first-order valence-electron chi connectivity index (χ1n) is 4.01. The van der Waals surface area contributed by atoms with Gasteiger partial charge in [0.1, 0.15) is 0 Å². The van der Waals surface area contributed by atoms with Gasteiger partial charge in [-0.1, -0.05) is 13.8 Å². The van der Waals surface area contributed by atoms with Gasteiger partial charge in [0.05, 0.1) is 0 Å². The van der Waals surface area contributed by atoms with E-state index in [0.29, 0.717) is 5.66 Å². The molecule has 0 radical (unpaired) electrons. The van der Waals surface area contributed by atoms with Gasteiger partial charge in [0.25, 0.3) is 0 Å². The van der Waals surface area contributed by atoms with Crippen molar-refractivity contribution in [2.24, 2.45) is 0 Å². The fourth-order valence-corrected chi connectivity index (χ4v) is 1.45. The molecular weight excluding hydrogens is 143 g/mol. The van der Waals surface area contributed by atoms with Crippen molar-refractivity contribution in [3.8, 4) is 0 Å². The molecule has 10 heavy (non-hydrogen) atoms. The third-order valence-electron chi connectivity index (χ3n) is 1.49. The minimum atomic E-state index is 0.663. The van der Waals surface area contributed by atoms with Crippen LogP contribution in [-0.2, 0) is 0 Å². The maximum absolute atomic E-state index is 7.04. The highest BCUT2D eigenvalue weighted by atomic mass is 31.1. The van der Waals surface area contributed by atoms with Crippen LogP contribution in [0.2, 0.25) is 0 Å². The van der Waals surface area contributed by atoms with Crippen molar-refractivity contribution >= 4 is 8.37 Å². The molecule has 0 atom stereocenters. The Bertz CT molecular complexity index is 79.7. The van der Waals surface area contributed by atoms with Crippen LogP contribution in [0.3, 0.4) is 0 Å². The number of rotatable bonds is 1. The number of piperidine rings is 1. The summed E-state index contributed by atoms with van der Waals surface area (Å²) in [6.07, 6.45) is 2.40. The molecule has 1 aliphatic rings. The lowest BCUT2D eigenvalue weighted by atomic mass is 10.2. The maximum atomic E-state index is 7.04. The predicted molar refractivity (Wildman–Crippen MR) is 46.9 cm³/mol. The molecule has 0 aromatic rings. The fraction of sp³-hybridized carbons (Fsp3) is 1.00. The molecule has 0 spiro atoms. The second-order valence-corrected chi connectivity index (χ2v) is 3.10. The highest BCUT2D eigenvalue weighted by molar-refractivity contribution is 7.26. The van der Waals surface area contributed by atoms with E-state index in [4.69, 9.17) is 5.16 Å². The van der Waals surface area contributed by atoms with Gasteiger partial charge in [-0.15, -0.1) is 0 Å². The van der Waals surface area contributed by atoms with Crippen LogP contribution >= 0.6 is 8.37 Å². The zero-order valence-corrected chi connectivity index (χ0v) is 7.75. The summed E-state index contributed by atoms with van der Waals surface area (Å²) in [5, 5.41) is 10.3. The lowest BCUT2D eigenvalue weighted by Crippen LogP contribution is -2.27. The summed E-state index contributed by atoms with van der Waals surface area (Å²) in [6, 6.07) is 0. The smallest absolute Gasteiger partial charge is 0.0205 e. The second-order valence-electron chi connectivity index (χ2n) is 2.11. The van der Waals surface area contributed by atoms with Gasteiger partial charge in [0.2, 0.25) is 0 Å². The lowest BCUT2D eigenvalue weighted by Gasteiger charge is -2.16. The van der Waals surface area contributed by atoms with Gasteiger partial charge in [-0.05, 0) is 25.9 Å². The molecule has 0 unspecified atom stereocenters. The summed E-state index contributed by atoms with van der Waals surface area (Å²) >= 11 is 0. The molecule has 0 aromatic carbocycles.